The minimum Gasteiger partial charge on any atom is -0.392 e. The standard InChI is InChI=1S/C13H18BrNO3S/c1-2-15(8-10-3-4-10)19(17,18)13-7-11(9-16)5-6-12(13)14/h5-7,10,16H,2-4,8-9H2,1H3. The first kappa shape index (κ1) is 15.0. The normalized spacial score (nSPS) is 16.0. The van der Waals surface area contributed by atoms with Crippen molar-refractivity contribution in [1.29, 1.82) is 0 Å². The van der Waals surface area contributed by atoms with E-state index in [0.29, 0.717) is 29.0 Å². The summed E-state index contributed by atoms with van der Waals surface area (Å²) >= 11 is 3.29. The molecular weight excluding hydrogens is 330 g/mol. The summed E-state index contributed by atoms with van der Waals surface area (Å²) in [4.78, 5) is 0.238. The Kier molecular flexibility index (Phi) is 4.66. The lowest BCUT2D eigenvalue weighted by molar-refractivity contribution is 0.281. The lowest BCUT2D eigenvalue weighted by Gasteiger charge is -2.21. The smallest absolute Gasteiger partial charge is 0.244 e. The van der Waals surface area contributed by atoms with Crippen molar-refractivity contribution in [2.75, 3.05) is 13.1 Å². The van der Waals surface area contributed by atoms with Crippen LogP contribution in [0.3, 0.4) is 0 Å². The van der Waals surface area contributed by atoms with Crippen LogP contribution < -0.4 is 0 Å². The van der Waals surface area contributed by atoms with Gasteiger partial charge in [0.2, 0.25) is 10.0 Å². The molecule has 106 valence electrons. The third-order valence-corrected chi connectivity index (χ3v) is 6.24. The molecule has 6 heteroatoms. The molecule has 0 unspecified atom stereocenters. The lowest BCUT2D eigenvalue weighted by atomic mass is 10.2. The molecule has 0 saturated heterocycles. The summed E-state index contributed by atoms with van der Waals surface area (Å²) in [5.41, 5.74) is 0.601. The van der Waals surface area contributed by atoms with Gasteiger partial charge in [0.05, 0.1) is 11.5 Å². The molecule has 0 atom stereocenters. The van der Waals surface area contributed by atoms with Crippen LogP contribution in [0.2, 0.25) is 0 Å². The van der Waals surface area contributed by atoms with Gasteiger partial charge in [-0.2, -0.15) is 4.31 Å². The van der Waals surface area contributed by atoms with Crippen LogP contribution in [0.4, 0.5) is 0 Å². The number of rotatable bonds is 6. The molecule has 2 rings (SSSR count). The predicted molar refractivity (Wildman–Crippen MR) is 77.2 cm³/mol. The van der Waals surface area contributed by atoms with Crippen LogP contribution in [0.1, 0.15) is 25.3 Å². The Hall–Kier alpha value is -0.430. The van der Waals surface area contributed by atoms with Crippen LogP contribution in [0.25, 0.3) is 0 Å². The van der Waals surface area contributed by atoms with Crippen LogP contribution in [0.15, 0.2) is 27.6 Å². The van der Waals surface area contributed by atoms with Crippen LogP contribution >= 0.6 is 15.9 Å². The maximum Gasteiger partial charge on any atom is 0.244 e. The second kappa shape index (κ2) is 5.91. The van der Waals surface area contributed by atoms with E-state index in [9.17, 15) is 8.42 Å². The fourth-order valence-corrected chi connectivity index (χ4v) is 4.47. The average Bonchev–Trinajstić information content (AvgIpc) is 3.20. The fourth-order valence-electron chi connectivity index (χ4n) is 1.97. The van der Waals surface area contributed by atoms with Crippen molar-refractivity contribution in [2.45, 2.75) is 31.3 Å². The molecule has 0 bridgehead atoms. The van der Waals surface area contributed by atoms with Crippen molar-refractivity contribution >= 4 is 26.0 Å². The summed E-state index contributed by atoms with van der Waals surface area (Å²) in [6.45, 7) is 2.75. The van der Waals surface area contributed by atoms with Crippen molar-refractivity contribution in [1.82, 2.24) is 4.31 Å². The first-order valence-electron chi connectivity index (χ1n) is 6.38. The van der Waals surface area contributed by atoms with Crippen molar-refractivity contribution in [3.05, 3.63) is 28.2 Å². The Labute approximate surface area is 122 Å². The zero-order valence-corrected chi connectivity index (χ0v) is 13.2. The minimum absolute atomic E-state index is 0.162. The van der Waals surface area contributed by atoms with Gasteiger partial charge < -0.3 is 5.11 Å². The van der Waals surface area contributed by atoms with Crippen LogP contribution in [-0.4, -0.2) is 30.9 Å². The average molecular weight is 348 g/mol. The summed E-state index contributed by atoms with van der Waals surface area (Å²) < 4.78 is 27.3. The summed E-state index contributed by atoms with van der Waals surface area (Å²) in [6.07, 6.45) is 2.23. The molecule has 0 aromatic heterocycles. The summed E-state index contributed by atoms with van der Waals surface area (Å²) in [7, 11) is -3.49. The number of benzene rings is 1. The zero-order valence-electron chi connectivity index (χ0n) is 10.8. The predicted octanol–water partition coefficient (Wildman–Crippen LogP) is 2.36. The topological polar surface area (TPSA) is 57.6 Å². The van der Waals surface area contributed by atoms with E-state index in [2.05, 4.69) is 15.9 Å². The lowest BCUT2D eigenvalue weighted by Crippen LogP contribution is -2.33. The van der Waals surface area contributed by atoms with Crippen LogP contribution in [-0.2, 0) is 16.6 Å². The zero-order chi connectivity index (χ0) is 14.0. The van der Waals surface area contributed by atoms with Crippen molar-refractivity contribution in [2.24, 2.45) is 5.92 Å². The van der Waals surface area contributed by atoms with E-state index in [1.807, 2.05) is 6.92 Å². The fraction of sp³-hybridized carbons (Fsp3) is 0.538. The molecular formula is C13H18BrNO3S. The second-order valence-electron chi connectivity index (χ2n) is 4.82. The highest BCUT2D eigenvalue weighted by atomic mass is 79.9. The number of halogens is 1. The van der Waals surface area contributed by atoms with Crippen molar-refractivity contribution in [3.8, 4) is 0 Å². The molecule has 0 radical (unpaired) electrons. The van der Waals surface area contributed by atoms with Crippen LogP contribution in [0, 0.1) is 5.92 Å². The highest BCUT2D eigenvalue weighted by Crippen LogP contribution is 2.33. The van der Waals surface area contributed by atoms with E-state index in [-0.39, 0.29) is 11.5 Å². The molecule has 19 heavy (non-hydrogen) atoms. The Morgan fingerprint density at radius 3 is 2.63 bits per heavy atom. The molecule has 0 amide bonds. The third-order valence-electron chi connectivity index (χ3n) is 3.31. The molecule has 1 aliphatic rings. The van der Waals surface area contributed by atoms with E-state index in [1.54, 1.807) is 12.1 Å². The second-order valence-corrected chi connectivity index (χ2v) is 7.58. The maximum absolute atomic E-state index is 12.6. The van der Waals surface area contributed by atoms with Gasteiger partial charge in [0.15, 0.2) is 0 Å². The van der Waals surface area contributed by atoms with E-state index in [0.717, 1.165) is 12.8 Å². The highest BCUT2D eigenvalue weighted by molar-refractivity contribution is 9.10. The summed E-state index contributed by atoms with van der Waals surface area (Å²) in [6, 6.07) is 4.92. The molecule has 0 spiro atoms. The minimum atomic E-state index is -3.49. The van der Waals surface area contributed by atoms with E-state index in [4.69, 9.17) is 5.11 Å². The Bertz CT molecular complexity index is 555. The Balaban J connectivity index is 2.35. The quantitative estimate of drug-likeness (QED) is 0.859. The molecule has 1 aliphatic carbocycles. The third kappa shape index (κ3) is 3.37. The summed E-state index contributed by atoms with van der Waals surface area (Å²) in [5, 5.41) is 9.15. The number of hydrogen-bond donors (Lipinski definition) is 1. The van der Waals surface area contributed by atoms with E-state index in [1.165, 1.54) is 10.4 Å². The SMILES string of the molecule is CCN(CC1CC1)S(=O)(=O)c1cc(CO)ccc1Br. The Morgan fingerprint density at radius 1 is 1.42 bits per heavy atom. The van der Waals surface area contributed by atoms with Crippen LogP contribution in [0.5, 0.6) is 0 Å². The molecule has 1 N–H and O–H groups in total. The van der Waals surface area contributed by atoms with Gasteiger partial charge in [-0.3, -0.25) is 0 Å². The van der Waals surface area contributed by atoms with Gasteiger partial charge in [0.1, 0.15) is 0 Å². The number of nitrogens with zero attached hydrogens (tertiary/aromatic N) is 1. The van der Waals surface area contributed by atoms with Gasteiger partial charge >= 0.3 is 0 Å². The molecule has 4 nitrogen and oxygen atoms in total. The number of sulfonamides is 1. The summed E-state index contributed by atoms with van der Waals surface area (Å²) in [5.74, 6) is 0.509. The molecule has 1 saturated carbocycles. The highest BCUT2D eigenvalue weighted by Gasteiger charge is 2.31. The largest absolute Gasteiger partial charge is 0.392 e. The van der Waals surface area contributed by atoms with Gasteiger partial charge in [-0.15, -0.1) is 0 Å². The molecule has 0 heterocycles. The van der Waals surface area contributed by atoms with Gasteiger partial charge in [-0.25, -0.2) is 8.42 Å². The van der Waals surface area contributed by atoms with E-state index < -0.39 is 10.0 Å². The first-order valence-corrected chi connectivity index (χ1v) is 8.61. The molecule has 1 aromatic rings. The molecule has 1 aromatic carbocycles. The monoisotopic (exact) mass is 347 g/mol. The van der Waals surface area contributed by atoms with Gasteiger partial charge in [0.25, 0.3) is 0 Å². The van der Waals surface area contributed by atoms with Crippen molar-refractivity contribution < 1.29 is 13.5 Å². The Morgan fingerprint density at radius 2 is 2.11 bits per heavy atom. The molecule has 0 aliphatic heterocycles. The first-order chi connectivity index (χ1) is 8.98. The maximum atomic E-state index is 12.6. The van der Waals surface area contributed by atoms with E-state index >= 15 is 0 Å². The van der Waals surface area contributed by atoms with Gasteiger partial charge in [-0.05, 0) is 52.4 Å². The number of hydrogen-bond acceptors (Lipinski definition) is 3. The van der Waals surface area contributed by atoms with Crippen molar-refractivity contribution in [3.63, 3.8) is 0 Å². The van der Waals surface area contributed by atoms with Gasteiger partial charge in [-0.1, -0.05) is 13.0 Å². The number of aliphatic hydroxyl groups excluding tert-OH is 1. The number of aliphatic hydroxyl groups is 1. The molecule has 1 fully saturated rings. The van der Waals surface area contributed by atoms with Gasteiger partial charge in [0, 0.05) is 17.6 Å².